The molecule has 0 unspecified atom stereocenters. The molecule has 0 aliphatic heterocycles. The van der Waals surface area contributed by atoms with E-state index in [-0.39, 0.29) is 0 Å². The van der Waals surface area contributed by atoms with E-state index in [1.54, 1.807) is 14.2 Å². The van der Waals surface area contributed by atoms with Gasteiger partial charge in [-0.15, -0.1) is 12.3 Å². The molecule has 0 fully saturated rings. The first-order chi connectivity index (χ1) is 8.76. The highest BCUT2D eigenvalue weighted by molar-refractivity contribution is 5.53. The number of hydrogen-bond donors (Lipinski definition) is 1. The van der Waals surface area contributed by atoms with E-state index < -0.39 is 0 Å². The SMILES string of the molecule is C#CCCCOc1c(OC)cc(CN)cc1OC. The molecule has 0 spiro atoms. The first-order valence-electron chi connectivity index (χ1n) is 5.78. The number of benzene rings is 1. The third-order valence-electron chi connectivity index (χ3n) is 2.47. The second-order valence-electron chi connectivity index (χ2n) is 3.69. The van der Waals surface area contributed by atoms with Crippen LogP contribution in [0.2, 0.25) is 0 Å². The molecule has 18 heavy (non-hydrogen) atoms. The van der Waals surface area contributed by atoms with Gasteiger partial charge in [-0.25, -0.2) is 0 Å². The number of nitrogens with two attached hydrogens (primary N) is 1. The maximum Gasteiger partial charge on any atom is 0.203 e. The first-order valence-corrected chi connectivity index (χ1v) is 5.78. The van der Waals surface area contributed by atoms with Gasteiger partial charge in [-0.1, -0.05) is 0 Å². The standard InChI is InChI=1S/C14H19NO3/c1-4-5-6-7-18-14-12(16-2)8-11(10-15)9-13(14)17-3/h1,8-9H,5-7,10,15H2,2-3H3. The van der Waals surface area contributed by atoms with Gasteiger partial charge in [0.05, 0.1) is 20.8 Å². The van der Waals surface area contributed by atoms with E-state index in [4.69, 9.17) is 26.4 Å². The van der Waals surface area contributed by atoms with Gasteiger partial charge >= 0.3 is 0 Å². The Labute approximate surface area is 108 Å². The van der Waals surface area contributed by atoms with Crippen molar-refractivity contribution in [2.75, 3.05) is 20.8 Å². The molecule has 0 aromatic heterocycles. The highest BCUT2D eigenvalue weighted by Gasteiger charge is 2.13. The van der Waals surface area contributed by atoms with Crippen LogP contribution in [-0.4, -0.2) is 20.8 Å². The van der Waals surface area contributed by atoms with E-state index in [1.165, 1.54) is 0 Å². The quantitative estimate of drug-likeness (QED) is 0.593. The topological polar surface area (TPSA) is 53.7 Å². The Kier molecular flexibility index (Phi) is 5.89. The van der Waals surface area contributed by atoms with Crippen LogP contribution >= 0.6 is 0 Å². The van der Waals surface area contributed by atoms with Gasteiger partial charge in [-0.3, -0.25) is 0 Å². The summed E-state index contributed by atoms with van der Waals surface area (Å²) in [6.45, 7) is 0.947. The lowest BCUT2D eigenvalue weighted by atomic mass is 10.2. The third kappa shape index (κ3) is 3.57. The van der Waals surface area contributed by atoms with Crippen LogP contribution in [0.4, 0.5) is 0 Å². The Bertz CT molecular complexity index is 399. The summed E-state index contributed by atoms with van der Waals surface area (Å²) in [6, 6.07) is 3.69. The molecule has 2 N–H and O–H groups in total. The van der Waals surface area contributed by atoms with Crippen LogP contribution in [0.3, 0.4) is 0 Å². The molecular formula is C14H19NO3. The van der Waals surface area contributed by atoms with Gasteiger partial charge < -0.3 is 19.9 Å². The minimum atomic E-state index is 0.421. The lowest BCUT2D eigenvalue weighted by molar-refractivity contribution is 0.272. The van der Waals surface area contributed by atoms with Crippen molar-refractivity contribution in [2.45, 2.75) is 19.4 Å². The van der Waals surface area contributed by atoms with Crippen LogP contribution in [-0.2, 0) is 6.54 Å². The first kappa shape index (κ1) is 14.2. The summed E-state index contributed by atoms with van der Waals surface area (Å²) in [5, 5.41) is 0. The fraction of sp³-hybridized carbons (Fsp3) is 0.429. The Morgan fingerprint density at radius 1 is 1.22 bits per heavy atom. The molecule has 1 aromatic rings. The number of rotatable bonds is 7. The lowest BCUT2D eigenvalue weighted by Gasteiger charge is -2.15. The smallest absolute Gasteiger partial charge is 0.203 e. The molecule has 4 heteroatoms. The van der Waals surface area contributed by atoms with Crippen molar-refractivity contribution in [3.8, 4) is 29.6 Å². The molecule has 98 valence electrons. The number of methoxy groups -OCH3 is 2. The van der Waals surface area contributed by atoms with Crippen molar-refractivity contribution in [1.82, 2.24) is 0 Å². The van der Waals surface area contributed by atoms with E-state index in [9.17, 15) is 0 Å². The Balaban J connectivity index is 2.89. The average Bonchev–Trinajstić information content (AvgIpc) is 2.42. The van der Waals surface area contributed by atoms with Crippen LogP contribution in [0.25, 0.3) is 0 Å². The zero-order valence-electron chi connectivity index (χ0n) is 10.9. The molecule has 4 nitrogen and oxygen atoms in total. The third-order valence-corrected chi connectivity index (χ3v) is 2.47. The molecule has 0 bridgehead atoms. The Morgan fingerprint density at radius 3 is 2.28 bits per heavy atom. The summed E-state index contributed by atoms with van der Waals surface area (Å²) in [4.78, 5) is 0. The molecule has 0 aliphatic carbocycles. The van der Waals surface area contributed by atoms with Gasteiger partial charge in [0.15, 0.2) is 11.5 Å². The zero-order chi connectivity index (χ0) is 13.4. The molecule has 0 heterocycles. The van der Waals surface area contributed by atoms with Crippen LogP contribution in [0.1, 0.15) is 18.4 Å². The summed E-state index contributed by atoms with van der Waals surface area (Å²) < 4.78 is 16.2. The number of hydrogen-bond acceptors (Lipinski definition) is 4. The number of ether oxygens (including phenoxy) is 3. The van der Waals surface area contributed by atoms with Gasteiger partial charge in [0.2, 0.25) is 5.75 Å². The van der Waals surface area contributed by atoms with Crippen molar-refractivity contribution in [2.24, 2.45) is 5.73 Å². The summed E-state index contributed by atoms with van der Waals surface area (Å²) in [5.74, 6) is 4.40. The van der Waals surface area contributed by atoms with E-state index in [0.29, 0.717) is 36.8 Å². The highest BCUT2D eigenvalue weighted by Crippen LogP contribution is 2.38. The molecule has 0 amide bonds. The van der Waals surface area contributed by atoms with Crippen LogP contribution in [0.5, 0.6) is 17.2 Å². The minimum Gasteiger partial charge on any atom is -0.493 e. The fourth-order valence-electron chi connectivity index (χ4n) is 1.54. The lowest BCUT2D eigenvalue weighted by Crippen LogP contribution is -2.04. The largest absolute Gasteiger partial charge is 0.493 e. The molecule has 1 aromatic carbocycles. The summed E-state index contributed by atoms with van der Waals surface area (Å²) in [7, 11) is 3.17. The van der Waals surface area contributed by atoms with Crippen molar-refractivity contribution in [1.29, 1.82) is 0 Å². The summed E-state index contributed by atoms with van der Waals surface area (Å²) in [5.41, 5.74) is 6.54. The van der Waals surface area contributed by atoms with Crippen molar-refractivity contribution < 1.29 is 14.2 Å². The van der Waals surface area contributed by atoms with Gasteiger partial charge in [0.25, 0.3) is 0 Å². The van der Waals surface area contributed by atoms with Crippen LogP contribution in [0.15, 0.2) is 12.1 Å². The van der Waals surface area contributed by atoms with Crippen LogP contribution < -0.4 is 19.9 Å². The average molecular weight is 249 g/mol. The minimum absolute atomic E-state index is 0.421. The molecule has 0 aliphatic rings. The van der Waals surface area contributed by atoms with Gasteiger partial charge in [0.1, 0.15) is 0 Å². The second-order valence-corrected chi connectivity index (χ2v) is 3.69. The van der Waals surface area contributed by atoms with E-state index in [1.807, 2.05) is 12.1 Å². The van der Waals surface area contributed by atoms with E-state index in [2.05, 4.69) is 5.92 Å². The molecule has 1 rings (SSSR count). The van der Waals surface area contributed by atoms with Crippen LogP contribution in [0, 0.1) is 12.3 Å². The molecule has 0 atom stereocenters. The van der Waals surface area contributed by atoms with E-state index in [0.717, 1.165) is 12.0 Å². The molecular weight excluding hydrogens is 230 g/mol. The predicted octanol–water partition coefficient (Wildman–Crippen LogP) is 1.95. The molecule has 0 saturated heterocycles. The monoisotopic (exact) mass is 249 g/mol. The fourth-order valence-corrected chi connectivity index (χ4v) is 1.54. The maximum atomic E-state index is 5.67. The van der Waals surface area contributed by atoms with Crippen molar-refractivity contribution >= 4 is 0 Å². The molecule has 0 saturated carbocycles. The van der Waals surface area contributed by atoms with Gasteiger partial charge in [-0.05, 0) is 24.1 Å². The normalized spacial score (nSPS) is 9.67. The second kappa shape index (κ2) is 7.46. The van der Waals surface area contributed by atoms with Gasteiger partial charge in [0, 0.05) is 13.0 Å². The Morgan fingerprint density at radius 2 is 1.83 bits per heavy atom. The molecule has 0 radical (unpaired) electrons. The maximum absolute atomic E-state index is 5.67. The van der Waals surface area contributed by atoms with Crippen molar-refractivity contribution in [3.63, 3.8) is 0 Å². The number of terminal acetylenes is 1. The van der Waals surface area contributed by atoms with Gasteiger partial charge in [-0.2, -0.15) is 0 Å². The Hall–Kier alpha value is -1.86. The van der Waals surface area contributed by atoms with E-state index >= 15 is 0 Å². The zero-order valence-corrected chi connectivity index (χ0v) is 10.9. The highest BCUT2D eigenvalue weighted by atomic mass is 16.5. The predicted molar refractivity (Wildman–Crippen MR) is 71.0 cm³/mol. The van der Waals surface area contributed by atoms with Crippen molar-refractivity contribution in [3.05, 3.63) is 17.7 Å². The summed E-state index contributed by atoms with van der Waals surface area (Å²) >= 11 is 0. The number of unbranched alkanes of at least 4 members (excludes halogenated alkanes) is 1. The summed E-state index contributed by atoms with van der Waals surface area (Å²) in [6.07, 6.45) is 6.67.